The lowest BCUT2D eigenvalue weighted by atomic mass is 9.83. The van der Waals surface area contributed by atoms with Gasteiger partial charge in [-0.1, -0.05) is 6.42 Å². The highest BCUT2D eigenvalue weighted by molar-refractivity contribution is 7.15. The van der Waals surface area contributed by atoms with Gasteiger partial charge in [-0.05, 0) is 12.8 Å². The van der Waals surface area contributed by atoms with Crippen LogP contribution in [0.2, 0.25) is 0 Å². The molecule has 1 N–H and O–H groups in total. The van der Waals surface area contributed by atoms with Gasteiger partial charge in [-0.3, -0.25) is 0 Å². The highest BCUT2D eigenvalue weighted by atomic mass is 32.1. The zero-order valence-corrected chi connectivity index (χ0v) is 8.84. The molecule has 0 aliphatic heterocycles. The van der Waals surface area contributed by atoms with Gasteiger partial charge in [0.1, 0.15) is 0 Å². The summed E-state index contributed by atoms with van der Waals surface area (Å²) < 4.78 is 1.99. The van der Waals surface area contributed by atoms with E-state index in [2.05, 4.69) is 20.8 Å². The number of hydrogen-bond donors (Lipinski definition) is 1. The average Bonchev–Trinajstić information content (AvgIpc) is 2.63. The van der Waals surface area contributed by atoms with Crippen molar-refractivity contribution in [1.82, 2.24) is 14.6 Å². The minimum atomic E-state index is 0.718. The normalized spacial score (nSPS) is 17.2. The minimum Gasteiger partial charge on any atom is -0.356 e. The number of nitrogens with one attached hydrogen (secondary N) is 1. The molecular formula is C9H12N4S. The maximum Gasteiger partial charge on any atom is 0.243 e. The van der Waals surface area contributed by atoms with Crippen LogP contribution < -0.4 is 5.32 Å². The molecule has 0 aromatic carbocycles. The number of hydrogen-bond acceptors (Lipinski definition) is 4. The largest absolute Gasteiger partial charge is 0.356 e. The first-order valence-electron chi connectivity index (χ1n) is 4.90. The highest BCUT2D eigenvalue weighted by Crippen LogP contribution is 2.37. The van der Waals surface area contributed by atoms with E-state index in [4.69, 9.17) is 0 Å². The first kappa shape index (κ1) is 8.23. The predicted molar refractivity (Wildman–Crippen MR) is 57.0 cm³/mol. The molecule has 4 nitrogen and oxygen atoms in total. The first-order valence-corrected chi connectivity index (χ1v) is 5.78. The molecule has 14 heavy (non-hydrogen) atoms. The van der Waals surface area contributed by atoms with Crippen molar-refractivity contribution in [3.05, 3.63) is 11.1 Å². The summed E-state index contributed by atoms with van der Waals surface area (Å²) in [5.41, 5.74) is 1.34. The Labute approximate surface area is 86.0 Å². The molecule has 1 aliphatic rings. The lowest BCUT2D eigenvalue weighted by Crippen LogP contribution is -2.11. The van der Waals surface area contributed by atoms with E-state index >= 15 is 0 Å². The Morgan fingerprint density at radius 1 is 1.57 bits per heavy atom. The fourth-order valence-electron chi connectivity index (χ4n) is 1.78. The molecule has 2 aromatic rings. The van der Waals surface area contributed by atoms with Crippen LogP contribution >= 0.6 is 11.3 Å². The number of thiazole rings is 1. The maximum absolute atomic E-state index is 4.40. The molecule has 2 aromatic heterocycles. The fraction of sp³-hybridized carbons (Fsp3) is 0.556. The predicted octanol–water partition coefficient (Wildman–Crippen LogP) is 2.10. The summed E-state index contributed by atoms with van der Waals surface area (Å²) in [6.07, 6.45) is 3.97. The second-order valence-electron chi connectivity index (χ2n) is 3.67. The molecule has 3 rings (SSSR count). The summed E-state index contributed by atoms with van der Waals surface area (Å²) in [6, 6.07) is 0. The number of nitrogens with zero attached hydrogens (tertiary/aromatic N) is 3. The third-order valence-corrected chi connectivity index (χ3v) is 3.69. The van der Waals surface area contributed by atoms with Crippen molar-refractivity contribution >= 4 is 22.2 Å². The van der Waals surface area contributed by atoms with Gasteiger partial charge in [-0.2, -0.15) is 4.98 Å². The van der Waals surface area contributed by atoms with E-state index in [9.17, 15) is 0 Å². The van der Waals surface area contributed by atoms with Crippen LogP contribution in [-0.2, 0) is 0 Å². The van der Waals surface area contributed by atoms with E-state index in [0.29, 0.717) is 0 Å². The van der Waals surface area contributed by atoms with E-state index < -0.39 is 0 Å². The summed E-state index contributed by atoms with van der Waals surface area (Å²) in [5.74, 6) is 1.44. The van der Waals surface area contributed by atoms with Gasteiger partial charge in [-0.15, -0.1) is 16.4 Å². The minimum absolute atomic E-state index is 0.718. The zero-order valence-electron chi connectivity index (χ0n) is 8.03. The standard InChI is InChI=1S/C9H12N4S/c1-10-8-11-9-13(12-8)7(5-14-9)6-3-2-4-6/h5-6H,2-4H2,1H3,(H,10,12). The maximum atomic E-state index is 4.40. The molecule has 0 saturated heterocycles. The summed E-state index contributed by atoms with van der Waals surface area (Å²) >= 11 is 1.68. The van der Waals surface area contributed by atoms with Crippen LogP contribution in [0.3, 0.4) is 0 Å². The molecule has 1 saturated carbocycles. The number of aromatic nitrogens is 3. The summed E-state index contributed by atoms with van der Waals surface area (Å²) in [7, 11) is 1.85. The van der Waals surface area contributed by atoms with Crippen molar-refractivity contribution in [2.45, 2.75) is 25.2 Å². The second kappa shape index (κ2) is 2.95. The fourth-order valence-corrected chi connectivity index (χ4v) is 2.69. The number of rotatable bonds is 2. The molecule has 0 unspecified atom stereocenters. The second-order valence-corrected chi connectivity index (χ2v) is 4.50. The molecule has 0 radical (unpaired) electrons. The lowest BCUT2D eigenvalue weighted by Gasteiger charge is -2.23. The van der Waals surface area contributed by atoms with Crippen molar-refractivity contribution in [3.8, 4) is 0 Å². The van der Waals surface area contributed by atoms with Crippen LogP contribution in [0.5, 0.6) is 0 Å². The van der Waals surface area contributed by atoms with E-state index in [1.54, 1.807) is 11.3 Å². The van der Waals surface area contributed by atoms with E-state index in [0.717, 1.165) is 16.8 Å². The van der Waals surface area contributed by atoms with Crippen molar-refractivity contribution in [1.29, 1.82) is 0 Å². The first-order chi connectivity index (χ1) is 6.88. The van der Waals surface area contributed by atoms with Crippen molar-refractivity contribution in [2.75, 3.05) is 12.4 Å². The van der Waals surface area contributed by atoms with E-state index in [-0.39, 0.29) is 0 Å². The Balaban J connectivity index is 2.09. The van der Waals surface area contributed by atoms with Gasteiger partial charge in [0.25, 0.3) is 0 Å². The van der Waals surface area contributed by atoms with Crippen molar-refractivity contribution < 1.29 is 0 Å². The molecule has 2 heterocycles. The third-order valence-electron chi connectivity index (χ3n) is 2.85. The van der Waals surface area contributed by atoms with Crippen LogP contribution in [0.1, 0.15) is 30.9 Å². The van der Waals surface area contributed by atoms with Crippen LogP contribution in [0, 0.1) is 0 Å². The van der Waals surface area contributed by atoms with E-state index in [1.165, 1.54) is 25.0 Å². The number of fused-ring (bicyclic) bond motifs is 1. The van der Waals surface area contributed by atoms with Gasteiger partial charge in [0.15, 0.2) is 0 Å². The Morgan fingerprint density at radius 2 is 2.43 bits per heavy atom. The monoisotopic (exact) mass is 208 g/mol. The van der Waals surface area contributed by atoms with Gasteiger partial charge < -0.3 is 5.32 Å². The van der Waals surface area contributed by atoms with Crippen molar-refractivity contribution in [2.24, 2.45) is 0 Å². The average molecular weight is 208 g/mol. The molecule has 5 heteroatoms. The summed E-state index contributed by atoms with van der Waals surface area (Å²) in [6.45, 7) is 0. The lowest BCUT2D eigenvalue weighted by molar-refractivity contribution is 0.406. The topological polar surface area (TPSA) is 42.2 Å². The van der Waals surface area contributed by atoms with Crippen molar-refractivity contribution in [3.63, 3.8) is 0 Å². The molecular weight excluding hydrogens is 196 g/mol. The SMILES string of the molecule is CNc1nc2scc(C3CCC3)n2n1. The number of anilines is 1. The molecule has 1 fully saturated rings. The van der Waals surface area contributed by atoms with Crippen LogP contribution in [0.15, 0.2) is 5.38 Å². The molecule has 0 spiro atoms. The van der Waals surface area contributed by atoms with Gasteiger partial charge in [0.05, 0.1) is 5.69 Å². The molecule has 0 amide bonds. The Hall–Kier alpha value is -1.10. The van der Waals surface area contributed by atoms with Gasteiger partial charge in [-0.25, -0.2) is 4.52 Å². The highest BCUT2D eigenvalue weighted by Gasteiger charge is 2.24. The van der Waals surface area contributed by atoms with E-state index in [1.807, 2.05) is 11.6 Å². The van der Waals surface area contributed by atoms with Gasteiger partial charge in [0.2, 0.25) is 10.9 Å². The third kappa shape index (κ3) is 1.05. The van der Waals surface area contributed by atoms with Crippen LogP contribution in [-0.4, -0.2) is 21.6 Å². The van der Waals surface area contributed by atoms with Gasteiger partial charge >= 0.3 is 0 Å². The van der Waals surface area contributed by atoms with Crippen LogP contribution in [0.25, 0.3) is 4.96 Å². The Bertz CT molecular complexity index is 454. The Kier molecular flexibility index (Phi) is 1.73. The molecule has 1 aliphatic carbocycles. The zero-order chi connectivity index (χ0) is 9.54. The smallest absolute Gasteiger partial charge is 0.243 e. The molecule has 0 bridgehead atoms. The van der Waals surface area contributed by atoms with Crippen LogP contribution in [0.4, 0.5) is 5.95 Å². The molecule has 0 atom stereocenters. The summed E-state index contributed by atoms with van der Waals surface area (Å²) in [4.78, 5) is 5.35. The quantitative estimate of drug-likeness (QED) is 0.821. The Morgan fingerprint density at radius 3 is 3.07 bits per heavy atom. The molecule has 74 valence electrons. The summed E-state index contributed by atoms with van der Waals surface area (Å²) in [5, 5.41) is 9.56. The van der Waals surface area contributed by atoms with Gasteiger partial charge in [0, 0.05) is 18.3 Å².